The third-order valence-electron chi connectivity index (χ3n) is 8.99. The molecular weight excluding hydrogens is 540 g/mol. The van der Waals surface area contributed by atoms with Gasteiger partial charge in [-0.2, -0.15) is 0 Å². The number of ether oxygens (including phenoxy) is 2. The first kappa shape index (κ1) is 64.7. The second-order valence-electron chi connectivity index (χ2n) is 10.4. The van der Waals surface area contributed by atoms with Crippen molar-refractivity contribution >= 4 is 11.9 Å². The number of esters is 2. The first-order valence-electron chi connectivity index (χ1n) is 13.5. The molecule has 8 unspecified atom stereocenters. The fraction of sp³-hybridized carbons (Fsp3) is 0.946. The normalized spacial score (nSPS) is 26.6. The number of aliphatic hydroxyl groups excluding tert-OH is 2. The van der Waals surface area contributed by atoms with Crippen molar-refractivity contribution in [1.29, 1.82) is 0 Å². The molecule has 272 valence electrons. The topological polar surface area (TPSA) is 93.1 Å². The molecule has 0 aromatic carbocycles. The van der Waals surface area contributed by atoms with Crippen LogP contribution in [0.15, 0.2) is 0 Å². The van der Waals surface area contributed by atoms with E-state index in [1.807, 2.05) is 0 Å². The van der Waals surface area contributed by atoms with Gasteiger partial charge in [-0.15, -0.1) is 0 Å². The second-order valence-corrected chi connectivity index (χ2v) is 10.4. The molecule has 0 radical (unpaired) electrons. The van der Waals surface area contributed by atoms with Crippen LogP contribution in [0.3, 0.4) is 0 Å². The minimum absolute atomic E-state index is 0. The number of rotatable bonds is 12. The third kappa shape index (κ3) is 17.8. The molecule has 2 saturated carbocycles. The van der Waals surface area contributed by atoms with Gasteiger partial charge in [0.2, 0.25) is 6.79 Å². The Bertz CT molecular complexity index is 546. The zero-order chi connectivity index (χ0) is 24.4. The summed E-state index contributed by atoms with van der Waals surface area (Å²) < 4.78 is 10.6. The summed E-state index contributed by atoms with van der Waals surface area (Å²) in [4.78, 5) is 24.9. The molecule has 0 amide bonds. The number of carbonyl (C=O) groups is 2. The maximum Gasteiger partial charge on any atom is 0.308 e. The van der Waals surface area contributed by atoms with Gasteiger partial charge in [0.15, 0.2) is 0 Å². The van der Waals surface area contributed by atoms with Crippen molar-refractivity contribution < 1.29 is 29.3 Å². The van der Waals surface area contributed by atoms with Gasteiger partial charge in [-0.25, -0.2) is 0 Å². The molecule has 0 bridgehead atoms. The predicted molar refractivity (Wildman–Crippen MR) is 195 cm³/mol. The zero-order valence-electron chi connectivity index (χ0n) is 21.3. The summed E-state index contributed by atoms with van der Waals surface area (Å²) in [6.45, 7) is 8.79. The van der Waals surface area contributed by atoms with E-state index >= 15 is 0 Å². The highest BCUT2D eigenvalue weighted by Gasteiger charge is 2.39. The maximum absolute atomic E-state index is 12.5. The standard InChI is InChI=1S/C27H48O6.10CH4/c1-5-22-18(9-11-20(15-28)24(22)7-3)13-26(30)32-17-33-27(31)14-19-10-12-21(16-29)25(8-4)23(19)6-2;;;;;;;;;;/h18-25,28-29H,5-17H2,1-4H3;10*1H4. The minimum Gasteiger partial charge on any atom is -0.428 e. The molecule has 43 heavy (non-hydrogen) atoms. The summed E-state index contributed by atoms with van der Waals surface area (Å²) in [5.41, 5.74) is 0. The molecule has 2 N–H and O–H groups in total. The van der Waals surface area contributed by atoms with Crippen molar-refractivity contribution in [2.45, 2.75) is 166 Å². The first-order chi connectivity index (χ1) is 15.9. The number of hydrogen-bond acceptors (Lipinski definition) is 6. The van der Waals surface area contributed by atoms with Crippen LogP contribution < -0.4 is 0 Å². The van der Waals surface area contributed by atoms with E-state index in [9.17, 15) is 19.8 Å². The molecule has 8 atom stereocenters. The quantitative estimate of drug-likeness (QED) is 0.165. The fourth-order valence-electron chi connectivity index (χ4n) is 7.32. The monoisotopic (exact) mass is 629 g/mol. The first-order valence-corrected chi connectivity index (χ1v) is 13.5. The van der Waals surface area contributed by atoms with Crippen LogP contribution in [-0.2, 0) is 19.1 Å². The summed E-state index contributed by atoms with van der Waals surface area (Å²) >= 11 is 0. The fourth-order valence-corrected chi connectivity index (χ4v) is 7.32. The average molecular weight is 629 g/mol. The number of aliphatic hydroxyl groups is 2. The van der Waals surface area contributed by atoms with Crippen molar-refractivity contribution in [3.8, 4) is 0 Å². The molecule has 2 aliphatic rings. The molecule has 2 aliphatic carbocycles. The molecule has 6 heteroatoms. The van der Waals surface area contributed by atoms with Gasteiger partial charge in [-0.05, 0) is 73.0 Å². The summed E-state index contributed by atoms with van der Waals surface area (Å²) in [5, 5.41) is 19.4. The third-order valence-corrected chi connectivity index (χ3v) is 8.99. The molecule has 0 aromatic rings. The Balaban J connectivity index is -0.000000165. The van der Waals surface area contributed by atoms with E-state index in [4.69, 9.17) is 9.47 Å². The van der Waals surface area contributed by atoms with Gasteiger partial charge in [0.1, 0.15) is 0 Å². The van der Waals surface area contributed by atoms with Crippen LogP contribution in [-0.4, -0.2) is 42.2 Å². The average Bonchev–Trinajstić information content (AvgIpc) is 2.82. The molecule has 2 fully saturated rings. The van der Waals surface area contributed by atoms with Crippen molar-refractivity contribution in [2.75, 3.05) is 20.0 Å². The summed E-state index contributed by atoms with van der Waals surface area (Å²) in [6, 6.07) is 0. The zero-order valence-corrected chi connectivity index (χ0v) is 21.3. The lowest BCUT2D eigenvalue weighted by Gasteiger charge is -2.42. The van der Waals surface area contributed by atoms with Crippen molar-refractivity contribution in [1.82, 2.24) is 0 Å². The number of carbonyl (C=O) groups excluding carboxylic acids is 2. The Morgan fingerprint density at radius 2 is 0.721 bits per heavy atom. The van der Waals surface area contributed by atoms with Crippen LogP contribution in [0.2, 0.25) is 0 Å². The van der Waals surface area contributed by atoms with E-state index in [-0.39, 0.29) is 118 Å². The Kier molecular flexibility index (Phi) is 50.8. The largest absolute Gasteiger partial charge is 0.428 e. The molecule has 0 saturated heterocycles. The summed E-state index contributed by atoms with van der Waals surface area (Å²) in [7, 11) is 0. The Morgan fingerprint density at radius 3 is 0.953 bits per heavy atom. The highest BCUT2D eigenvalue weighted by Crippen LogP contribution is 2.45. The van der Waals surface area contributed by atoms with Gasteiger partial charge >= 0.3 is 11.9 Å². The lowest BCUT2D eigenvalue weighted by atomic mass is 9.64. The van der Waals surface area contributed by atoms with Crippen molar-refractivity contribution in [3.05, 3.63) is 0 Å². The Hall–Kier alpha value is -1.14. The van der Waals surface area contributed by atoms with Crippen LogP contribution in [0.4, 0.5) is 0 Å². The van der Waals surface area contributed by atoms with Gasteiger partial charge in [-0.1, -0.05) is 128 Å². The SMILES string of the molecule is C.C.C.C.C.C.C.C.C.C.CCC1C(CO)CCC(CC(=O)OCOC(=O)CC2CCC(CO)C(CC)C2CC)C1CC. The molecule has 0 spiro atoms. The van der Waals surface area contributed by atoms with Crippen molar-refractivity contribution in [3.63, 3.8) is 0 Å². The second kappa shape index (κ2) is 33.7. The van der Waals surface area contributed by atoms with E-state index in [0.29, 0.717) is 48.3 Å². The molecule has 0 aliphatic heterocycles. The highest BCUT2D eigenvalue weighted by molar-refractivity contribution is 5.71. The van der Waals surface area contributed by atoms with E-state index in [1.54, 1.807) is 0 Å². The Labute approximate surface area is 274 Å². The maximum atomic E-state index is 12.5. The van der Waals surface area contributed by atoms with Crippen LogP contribution >= 0.6 is 0 Å². The van der Waals surface area contributed by atoms with Crippen molar-refractivity contribution in [2.24, 2.45) is 47.3 Å². The summed E-state index contributed by atoms with van der Waals surface area (Å²) in [6.07, 6.45) is 8.51. The van der Waals surface area contributed by atoms with Crippen LogP contribution in [0.5, 0.6) is 0 Å². The van der Waals surface area contributed by atoms with Gasteiger partial charge in [0.25, 0.3) is 0 Å². The van der Waals surface area contributed by atoms with E-state index < -0.39 is 0 Å². The molecule has 2 rings (SSSR count). The van der Waals surface area contributed by atoms with Gasteiger partial charge in [0.05, 0.1) is 0 Å². The van der Waals surface area contributed by atoms with Crippen LogP contribution in [0, 0.1) is 47.3 Å². The van der Waals surface area contributed by atoms with Gasteiger partial charge < -0.3 is 19.7 Å². The number of hydrogen-bond donors (Lipinski definition) is 2. The lowest BCUT2D eigenvalue weighted by Crippen LogP contribution is -2.37. The molecule has 0 heterocycles. The predicted octanol–water partition coefficient (Wildman–Crippen LogP) is 11.3. The molecule has 0 aromatic heterocycles. The minimum atomic E-state index is -0.308. The molecule has 6 nitrogen and oxygen atoms in total. The van der Waals surface area contributed by atoms with Gasteiger partial charge in [-0.3, -0.25) is 9.59 Å². The Morgan fingerprint density at radius 1 is 0.488 bits per heavy atom. The lowest BCUT2D eigenvalue weighted by molar-refractivity contribution is -0.169. The smallest absolute Gasteiger partial charge is 0.308 e. The highest BCUT2D eigenvalue weighted by atomic mass is 16.7. The van der Waals surface area contributed by atoms with Gasteiger partial charge in [0, 0.05) is 26.1 Å². The van der Waals surface area contributed by atoms with E-state index in [1.165, 1.54) is 0 Å². The van der Waals surface area contributed by atoms with Crippen LogP contribution in [0.1, 0.15) is 166 Å². The summed E-state index contributed by atoms with van der Waals surface area (Å²) in [5.74, 6) is 2.33. The van der Waals surface area contributed by atoms with E-state index in [2.05, 4.69) is 27.7 Å². The van der Waals surface area contributed by atoms with E-state index in [0.717, 1.165) is 51.4 Å². The van der Waals surface area contributed by atoms with Crippen LogP contribution in [0.25, 0.3) is 0 Å². The molecular formula is C37H88O6.